The highest BCUT2D eigenvalue weighted by Crippen LogP contribution is 2.28. The smallest absolute Gasteiger partial charge is 0.230 e. The zero-order valence-electron chi connectivity index (χ0n) is 11.5. The quantitative estimate of drug-likeness (QED) is 0.504. The number of nitrogens with one attached hydrogen (secondary N) is 1. The molecule has 0 bridgehead atoms. The van der Waals surface area contributed by atoms with Gasteiger partial charge in [-0.05, 0) is 31.0 Å². The molecule has 1 aromatic carbocycles. The number of benzene rings is 1. The predicted octanol–water partition coefficient (Wildman–Crippen LogP) is 3.85. The fourth-order valence-corrected chi connectivity index (χ4v) is 3.52. The fourth-order valence-electron chi connectivity index (χ4n) is 2.47. The van der Waals surface area contributed by atoms with Crippen LogP contribution in [-0.2, 0) is 4.79 Å². The lowest BCUT2D eigenvalue weighted by Gasteiger charge is -2.16. The Balaban J connectivity index is 1.81. The summed E-state index contributed by atoms with van der Waals surface area (Å²) < 4.78 is 0. The maximum atomic E-state index is 12.0. The van der Waals surface area contributed by atoms with Crippen molar-refractivity contribution in [3.8, 4) is 0 Å². The number of hydrogen-bond acceptors (Lipinski definition) is 3. The average molecular weight is 313 g/mol. The molecule has 0 aromatic heterocycles. The molecule has 1 aromatic rings. The summed E-state index contributed by atoms with van der Waals surface area (Å²) in [6.07, 6.45) is 7.24. The molecule has 5 heteroatoms. The van der Waals surface area contributed by atoms with Gasteiger partial charge >= 0.3 is 0 Å². The van der Waals surface area contributed by atoms with E-state index in [0.29, 0.717) is 22.5 Å². The Kier molecular flexibility index (Phi) is 6.05. The Hall–Kier alpha value is -0.870. The van der Waals surface area contributed by atoms with Crippen molar-refractivity contribution in [2.45, 2.75) is 49.5 Å². The number of thioether (sulfide) groups is 1. The first-order valence-corrected chi connectivity index (χ1v) is 8.48. The van der Waals surface area contributed by atoms with Gasteiger partial charge in [-0.1, -0.05) is 37.3 Å². The lowest BCUT2D eigenvalue weighted by atomic mass is 10.1. The molecule has 1 aliphatic rings. The molecular weight excluding hydrogens is 292 g/mol. The number of amides is 1. The van der Waals surface area contributed by atoms with Crippen LogP contribution in [0.3, 0.4) is 0 Å². The molecule has 0 heterocycles. The third-order valence-corrected chi connectivity index (χ3v) is 4.86. The van der Waals surface area contributed by atoms with E-state index < -0.39 is 0 Å². The molecule has 0 radical (unpaired) electrons. The molecule has 1 aliphatic carbocycles. The first-order chi connectivity index (χ1) is 9.65. The van der Waals surface area contributed by atoms with Gasteiger partial charge in [0.2, 0.25) is 5.91 Å². The highest BCUT2D eigenvalue weighted by atomic mass is 35.5. The van der Waals surface area contributed by atoms with E-state index in [9.17, 15) is 4.79 Å². The second-order valence-corrected chi connectivity index (χ2v) is 6.68. The standard InChI is InChI=1S/C15H21ClN2OS/c16-11-7-8-13(17)14(9-11)20-10-15(19)18-12-5-3-1-2-4-6-12/h7-9,12H,1-6,10,17H2,(H,18,19). The SMILES string of the molecule is Nc1ccc(Cl)cc1SCC(=O)NC1CCCCCC1. The molecule has 1 fully saturated rings. The normalized spacial score (nSPS) is 16.6. The van der Waals surface area contributed by atoms with Crippen LogP contribution in [0.2, 0.25) is 5.02 Å². The van der Waals surface area contributed by atoms with E-state index >= 15 is 0 Å². The maximum Gasteiger partial charge on any atom is 0.230 e. The maximum absolute atomic E-state index is 12.0. The van der Waals surface area contributed by atoms with Crippen LogP contribution >= 0.6 is 23.4 Å². The Bertz CT molecular complexity index is 459. The molecule has 0 saturated heterocycles. The lowest BCUT2D eigenvalue weighted by Crippen LogP contribution is -2.35. The average Bonchev–Trinajstić information content (AvgIpc) is 2.68. The van der Waals surface area contributed by atoms with Crippen LogP contribution in [0.1, 0.15) is 38.5 Å². The number of halogens is 1. The second-order valence-electron chi connectivity index (χ2n) is 5.23. The van der Waals surface area contributed by atoms with Crippen molar-refractivity contribution in [1.29, 1.82) is 0 Å². The third kappa shape index (κ3) is 4.91. The molecule has 2 rings (SSSR count). The molecule has 0 aliphatic heterocycles. The largest absolute Gasteiger partial charge is 0.398 e. The van der Waals surface area contributed by atoms with Crippen molar-refractivity contribution >= 4 is 35.0 Å². The van der Waals surface area contributed by atoms with E-state index in [4.69, 9.17) is 17.3 Å². The van der Waals surface area contributed by atoms with Crippen LogP contribution in [0.5, 0.6) is 0 Å². The van der Waals surface area contributed by atoms with Gasteiger partial charge in [-0.15, -0.1) is 11.8 Å². The summed E-state index contributed by atoms with van der Waals surface area (Å²) in [6.45, 7) is 0. The Labute approximate surface area is 129 Å². The van der Waals surface area contributed by atoms with Gasteiger partial charge in [0.15, 0.2) is 0 Å². The molecule has 110 valence electrons. The van der Waals surface area contributed by atoms with Gasteiger partial charge in [0, 0.05) is 21.6 Å². The van der Waals surface area contributed by atoms with Crippen molar-refractivity contribution in [3.05, 3.63) is 23.2 Å². The van der Waals surface area contributed by atoms with Crippen LogP contribution in [0.4, 0.5) is 5.69 Å². The molecule has 20 heavy (non-hydrogen) atoms. The van der Waals surface area contributed by atoms with Crippen molar-refractivity contribution in [2.75, 3.05) is 11.5 Å². The van der Waals surface area contributed by atoms with Gasteiger partial charge in [0.05, 0.1) is 5.75 Å². The zero-order chi connectivity index (χ0) is 14.4. The van der Waals surface area contributed by atoms with Crippen LogP contribution in [0, 0.1) is 0 Å². The molecule has 0 spiro atoms. The number of nitrogen functional groups attached to an aromatic ring is 1. The van der Waals surface area contributed by atoms with Crippen LogP contribution in [0.15, 0.2) is 23.1 Å². The second kappa shape index (κ2) is 7.79. The van der Waals surface area contributed by atoms with Crippen molar-refractivity contribution in [3.63, 3.8) is 0 Å². The van der Waals surface area contributed by atoms with E-state index in [-0.39, 0.29) is 5.91 Å². The van der Waals surface area contributed by atoms with Gasteiger partial charge in [-0.2, -0.15) is 0 Å². The minimum Gasteiger partial charge on any atom is -0.398 e. The van der Waals surface area contributed by atoms with Gasteiger partial charge in [0.1, 0.15) is 0 Å². The zero-order valence-corrected chi connectivity index (χ0v) is 13.1. The van der Waals surface area contributed by atoms with E-state index in [1.54, 1.807) is 18.2 Å². The summed E-state index contributed by atoms with van der Waals surface area (Å²) in [4.78, 5) is 12.9. The summed E-state index contributed by atoms with van der Waals surface area (Å²) in [7, 11) is 0. The molecule has 1 saturated carbocycles. The number of anilines is 1. The minimum atomic E-state index is 0.0845. The summed E-state index contributed by atoms with van der Waals surface area (Å²) >= 11 is 7.38. The van der Waals surface area contributed by atoms with E-state index in [1.165, 1.54) is 37.4 Å². The van der Waals surface area contributed by atoms with Gasteiger partial charge in [0.25, 0.3) is 0 Å². The van der Waals surface area contributed by atoms with Gasteiger partial charge in [-0.3, -0.25) is 4.79 Å². The van der Waals surface area contributed by atoms with Crippen LogP contribution < -0.4 is 11.1 Å². The fraction of sp³-hybridized carbons (Fsp3) is 0.533. The van der Waals surface area contributed by atoms with Crippen LogP contribution in [-0.4, -0.2) is 17.7 Å². The lowest BCUT2D eigenvalue weighted by molar-refractivity contribution is -0.119. The van der Waals surface area contributed by atoms with E-state index in [1.807, 2.05) is 0 Å². The Morgan fingerprint density at radius 2 is 2.00 bits per heavy atom. The molecule has 3 N–H and O–H groups in total. The Morgan fingerprint density at radius 3 is 2.70 bits per heavy atom. The van der Waals surface area contributed by atoms with Crippen molar-refractivity contribution < 1.29 is 4.79 Å². The third-order valence-electron chi connectivity index (χ3n) is 3.55. The summed E-state index contributed by atoms with van der Waals surface area (Å²) in [5.74, 6) is 0.474. The minimum absolute atomic E-state index is 0.0845. The molecular formula is C15H21ClN2OS. The van der Waals surface area contributed by atoms with E-state index in [2.05, 4.69) is 5.32 Å². The first-order valence-electron chi connectivity index (χ1n) is 7.12. The predicted molar refractivity (Wildman–Crippen MR) is 86.2 cm³/mol. The molecule has 0 unspecified atom stereocenters. The molecule has 0 atom stereocenters. The number of rotatable bonds is 4. The topological polar surface area (TPSA) is 55.1 Å². The molecule has 1 amide bonds. The van der Waals surface area contributed by atoms with Gasteiger partial charge < -0.3 is 11.1 Å². The number of hydrogen-bond donors (Lipinski definition) is 2. The number of carbonyl (C=O) groups is 1. The first kappa shape index (κ1) is 15.5. The van der Waals surface area contributed by atoms with E-state index in [0.717, 1.165) is 17.7 Å². The van der Waals surface area contributed by atoms with Gasteiger partial charge in [-0.25, -0.2) is 0 Å². The number of nitrogens with two attached hydrogens (primary N) is 1. The van der Waals surface area contributed by atoms with Crippen molar-refractivity contribution in [2.24, 2.45) is 0 Å². The summed E-state index contributed by atoms with van der Waals surface area (Å²) in [5.41, 5.74) is 6.54. The molecule has 3 nitrogen and oxygen atoms in total. The monoisotopic (exact) mass is 312 g/mol. The van der Waals surface area contributed by atoms with Crippen LogP contribution in [0.25, 0.3) is 0 Å². The van der Waals surface area contributed by atoms with Crippen molar-refractivity contribution in [1.82, 2.24) is 5.32 Å². The highest BCUT2D eigenvalue weighted by Gasteiger charge is 2.15. The highest BCUT2D eigenvalue weighted by molar-refractivity contribution is 8.00. The Morgan fingerprint density at radius 1 is 1.30 bits per heavy atom. The summed E-state index contributed by atoms with van der Waals surface area (Å²) in [5, 5.41) is 3.77. The summed E-state index contributed by atoms with van der Waals surface area (Å²) in [6, 6.07) is 5.68. The number of carbonyl (C=O) groups excluding carboxylic acids is 1.